The van der Waals surface area contributed by atoms with Gasteiger partial charge in [0.15, 0.2) is 0 Å². The lowest BCUT2D eigenvalue weighted by molar-refractivity contribution is 0.475. The Labute approximate surface area is 102 Å². The molecule has 96 valence electrons. The maximum Gasteiger partial charge on any atom is 0.244 e. The number of H-pyrrole nitrogens is 1. The van der Waals surface area contributed by atoms with Crippen LogP contribution < -0.4 is 4.72 Å². The SMILES string of the molecule is CCC1(CNS(=O)(=O)c2c(C)n[nH]c2C)CC1. The van der Waals surface area contributed by atoms with Crippen molar-refractivity contribution >= 4 is 10.0 Å². The number of aromatic nitrogens is 2. The second-order valence-corrected chi connectivity index (χ2v) is 6.65. The molecule has 2 N–H and O–H groups in total. The minimum absolute atomic E-state index is 0.207. The molecule has 1 heterocycles. The third kappa shape index (κ3) is 2.37. The van der Waals surface area contributed by atoms with Crippen molar-refractivity contribution in [3.05, 3.63) is 11.4 Å². The zero-order chi connectivity index (χ0) is 12.7. The zero-order valence-electron chi connectivity index (χ0n) is 10.5. The van der Waals surface area contributed by atoms with Crippen LogP contribution in [0.5, 0.6) is 0 Å². The average molecular weight is 257 g/mol. The molecule has 0 saturated heterocycles. The van der Waals surface area contributed by atoms with E-state index < -0.39 is 10.0 Å². The molecular formula is C11H19N3O2S. The Hall–Kier alpha value is -0.880. The normalized spacial score (nSPS) is 18.3. The molecule has 0 aliphatic heterocycles. The second kappa shape index (κ2) is 4.10. The van der Waals surface area contributed by atoms with Crippen LogP contribution in [-0.2, 0) is 10.0 Å². The molecule has 1 saturated carbocycles. The molecule has 0 atom stereocenters. The number of nitrogens with zero attached hydrogens (tertiary/aromatic N) is 1. The van der Waals surface area contributed by atoms with Gasteiger partial charge in [0.25, 0.3) is 0 Å². The van der Waals surface area contributed by atoms with Crippen molar-refractivity contribution in [3.8, 4) is 0 Å². The summed E-state index contributed by atoms with van der Waals surface area (Å²) >= 11 is 0. The highest BCUT2D eigenvalue weighted by atomic mass is 32.2. The quantitative estimate of drug-likeness (QED) is 0.839. The standard InChI is InChI=1S/C11H19N3O2S/c1-4-11(5-6-11)7-12-17(15,16)10-8(2)13-14-9(10)3/h12H,4-7H2,1-3H3,(H,13,14). The highest BCUT2D eigenvalue weighted by Gasteiger charge is 2.41. The third-order valence-corrected chi connectivity index (χ3v) is 5.34. The van der Waals surface area contributed by atoms with Gasteiger partial charge in [-0.2, -0.15) is 5.10 Å². The van der Waals surface area contributed by atoms with Gasteiger partial charge in [-0.1, -0.05) is 6.92 Å². The zero-order valence-corrected chi connectivity index (χ0v) is 11.3. The fraction of sp³-hybridized carbons (Fsp3) is 0.727. The highest BCUT2D eigenvalue weighted by molar-refractivity contribution is 7.89. The molecule has 1 aromatic heterocycles. The molecular weight excluding hydrogens is 238 g/mol. The molecule has 0 radical (unpaired) electrons. The van der Waals surface area contributed by atoms with Gasteiger partial charge in [0.2, 0.25) is 10.0 Å². The van der Waals surface area contributed by atoms with Crippen molar-refractivity contribution < 1.29 is 8.42 Å². The smallest absolute Gasteiger partial charge is 0.244 e. The summed E-state index contributed by atoms with van der Waals surface area (Å²) in [6, 6.07) is 0. The number of hydrogen-bond acceptors (Lipinski definition) is 3. The number of sulfonamides is 1. The summed E-state index contributed by atoms with van der Waals surface area (Å²) in [6.07, 6.45) is 3.27. The van der Waals surface area contributed by atoms with Gasteiger partial charge in [-0.3, -0.25) is 5.10 Å². The minimum atomic E-state index is -3.43. The second-order valence-electron chi connectivity index (χ2n) is 4.94. The van der Waals surface area contributed by atoms with Gasteiger partial charge in [-0.25, -0.2) is 13.1 Å². The summed E-state index contributed by atoms with van der Waals surface area (Å²) in [5, 5.41) is 6.62. The minimum Gasteiger partial charge on any atom is -0.281 e. The molecule has 0 bridgehead atoms. The number of aryl methyl sites for hydroxylation is 2. The van der Waals surface area contributed by atoms with Crippen LogP contribution in [0.1, 0.15) is 37.6 Å². The Balaban J connectivity index is 2.15. The number of aromatic amines is 1. The van der Waals surface area contributed by atoms with Gasteiger partial charge < -0.3 is 0 Å². The van der Waals surface area contributed by atoms with E-state index in [1.165, 1.54) is 0 Å². The molecule has 2 rings (SSSR count). The molecule has 0 unspecified atom stereocenters. The van der Waals surface area contributed by atoms with E-state index in [0.29, 0.717) is 22.8 Å². The summed E-state index contributed by atoms with van der Waals surface area (Å²) in [4.78, 5) is 0.296. The summed E-state index contributed by atoms with van der Waals surface area (Å²) < 4.78 is 27.0. The molecule has 6 heteroatoms. The van der Waals surface area contributed by atoms with Crippen LogP contribution in [0.2, 0.25) is 0 Å². The van der Waals surface area contributed by atoms with Crippen LogP contribution in [-0.4, -0.2) is 25.2 Å². The summed E-state index contributed by atoms with van der Waals surface area (Å²) in [5.41, 5.74) is 1.33. The summed E-state index contributed by atoms with van der Waals surface area (Å²) in [7, 11) is -3.43. The van der Waals surface area contributed by atoms with Crippen molar-refractivity contribution in [2.24, 2.45) is 5.41 Å². The van der Waals surface area contributed by atoms with Gasteiger partial charge in [0, 0.05) is 6.54 Å². The third-order valence-electron chi connectivity index (χ3n) is 3.67. The molecule has 0 spiro atoms. The van der Waals surface area contributed by atoms with Crippen molar-refractivity contribution in [3.63, 3.8) is 0 Å². The number of hydrogen-bond donors (Lipinski definition) is 2. The Kier molecular flexibility index (Phi) is 3.03. The summed E-state index contributed by atoms with van der Waals surface area (Å²) in [5.74, 6) is 0. The van der Waals surface area contributed by atoms with Crippen molar-refractivity contribution in [1.82, 2.24) is 14.9 Å². The molecule has 5 nitrogen and oxygen atoms in total. The fourth-order valence-electron chi connectivity index (χ4n) is 2.09. The lowest BCUT2D eigenvalue weighted by Crippen LogP contribution is -2.30. The van der Waals surface area contributed by atoms with E-state index in [9.17, 15) is 8.42 Å². The maximum absolute atomic E-state index is 12.2. The van der Waals surface area contributed by atoms with E-state index in [2.05, 4.69) is 21.8 Å². The molecule has 0 amide bonds. The van der Waals surface area contributed by atoms with Crippen LogP contribution in [0.25, 0.3) is 0 Å². The van der Waals surface area contributed by atoms with Crippen LogP contribution in [0.3, 0.4) is 0 Å². The van der Waals surface area contributed by atoms with E-state index in [4.69, 9.17) is 0 Å². The number of nitrogens with one attached hydrogen (secondary N) is 2. The fourth-order valence-corrected chi connectivity index (χ4v) is 3.61. The topological polar surface area (TPSA) is 74.8 Å². The molecule has 1 aliphatic rings. The van der Waals surface area contributed by atoms with Gasteiger partial charge >= 0.3 is 0 Å². The van der Waals surface area contributed by atoms with Crippen LogP contribution in [0.4, 0.5) is 0 Å². The maximum atomic E-state index is 12.2. The predicted octanol–water partition coefficient (Wildman–Crippen LogP) is 1.50. The van der Waals surface area contributed by atoms with E-state index in [0.717, 1.165) is 19.3 Å². The Bertz CT molecular complexity index is 495. The predicted molar refractivity (Wildman–Crippen MR) is 65.2 cm³/mol. The van der Waals surface area contributed by atoms with E-state index >= 15 is 0 Å². The molecule has 1 aliphatic carbocycles. The largest absolute Gasteiger partial charge is 0.281 e. The first-order valence-electron chi connectivity index (χ1n) is 5.91. The monoisotopic (exact) mass is 257 g/mol. The first-order chi connectivity index (χ1) is 7.90. The lowest BCUT2D eigenvalue weighted by Gasteiger charge is -2.13. The van der Waals surface area contributed by atoms with E-state index in [-0.39, 0.29) is 5.41 Å². The van der Waals surface area contributed by atoms with Crippen LogP contribution >= 0.6 is 0 Å². The van der Waals surface area contributed by atoms with E-state index in [1.54, 1.807) is 13.8 Å². The molecule has 17 heavy (non-hydrogen) atoms. The number of rotatable bonds is 5. The molecule has 1 fully saturated rings. The Morgan fingerprint density at radius 3 is 2.47 bits per heavy atom. The Morgan fingerprint density at radius 1 is 1.41 bits per heavy atom. The molecule has 0 aromatic carbocycles. The Morgan fingerprint density at radius 2 is 2.06 bits per heavy atom. The van der Waals surface area contributed by atoms with Gasteiger partial charge in [-0.05, 0) is 38.5 Å². The first-order valence-corrected chi connectivity index (χ1v) is 7.40. The van der Waals surface area contributed by atoms with E-state index in [1.807, 2.05) is 0 Å². The van der Waals surface area contributed by atoms with Crippen molar-refractivity contribution in [2.75, 3.05) is 6.54 Å². The van der Waals surface area contributed by atoms with Gasteiger partial charge in [0.1, 0.15) is 4.90 Å². The van der Waals surface area contributed by atoms with Gasteiger partial charge in [-0.15, -0.1) is 0 Å². The first kappa shape index (κ1) is 12.6. The highest BCUT2D eigenvalue weighted by Crippen LogP contribution is 2.48. The molecule has 1 aromatic rings. The van der Waals surface area contributed by atoms with Crippen LogP contribution in [0, 0.1) is 19.3 Å². The average Bonchev–Trinajstić information content (AvgIpc) is 2.97. The van der Waals surface area contributed by atoms with Crippen molar-refractivity contribution in [1.29, 1.82) is 0 Å². The van der Waals surface area contributed by atoms with Crippen molar-refractivity contribution in [2.45, 2.75) is 44.9 Å². The van der Waals surface area contributed by atoms with Crippen LogP contribution in [0.15, 0.2) is 4.90 Å². The summed E-state index contributed by atoms with van der Waals surface area (Å²) in [6.45, 7) is 6.07. The van der Waals surface area contributed by atoms with Gasteiger partial charge in [0.05, 0.1) is 11.4 Å². The lowest BCUT2D eigenvalue weighted by atomic mass is 10.1.